The molecule has 3 aromatic heterocycles. The molecule has 2 aliphatic heterocycles. The number of rotatable bonds is 4. The van der Waals surface area contributed by atoms with Crippen molar-refractivity contribution in [2.75, 3.05) is 13.7 Å². The Morgan fingerprint density at radius 3 is 2.78 bits per heavy atom. The highest BCUT2D eigenvalue weighted by Crippen LogP contribution is 2.39. The van der Waals surface area contributed by atoms with Gasteiger partial charge in [0.25, 0.3) is 5.56 Å². The SMILES string of the molecule is COc1cc([C@H]2C[C@@H](c3cn4c(=O)c5c(nc4c(-c4ccc(F)cc4F)n3)COC5)CCO2)cc(C)n1. The van der Waals surface area contributed by atoms with E-state index in [1.54, 1.807) is 13.3 Å². The van der Waals surface area contributed by atoms with Gasteiger partial charge in [0.15, 0.2) is 5.65 Å². The molecule has 0 unspecified atom stereocenters. The second-order valence-electron chi connectivity index (χ2n) is 9.33. The predicted octanol–water partition coefficient (Wildman–Crippen LogP) is 4.41. The molecule has 0 amide bonds. The van der Waals surface area contributed by atoms with Crippen LogP contribution in [0.4, 0.5) is 8.78 Å². The molecular formula is C27H24F2N4O4. The molecule has 10 heteroatoms. The fraction of sp³-hybridized carbons (Fsp3) is 0.333. The smallest absolute Gasteiger partial charge is 0.263 e. The number of halogens is 2. The molecule has 0 spiro atoms. The van der Waals surface area contributed by atoms with Gasteiger partial charge in [-0.15, -0.1) is 0 Å². The number of benzene rings is 1. The van der Waals surface area contributed by atoms with Crippen molar-refractivity contribution in [1.29, 1.82) is 0 Å². The molecule has 0 aliphatic carbocycles. The summed E-state index contributed by atoms with van der Waals surface area (Å²) in [5.74, 6) is -1.05. The van der Waals surface area contributed by atoms with Crippen molar-refractivity contribution in [3.8, 4) is 17.1 Å². The molecular weight excluding hydrogens is 482 g/mol. The van der Waals surface area contributed by atoms with Crippen LogP contribution in [0.5, 0.6) is 5.88 Å². The molecule has 0 radical (unpaired) electrons. The van der Waals surface area contributed by atoms with Gasteiger partial charge < -0.3 is 14.2 Å². The summed E-state index contributed by atoms with van der Waals surface area (Å²) < 4.78 is 46.9. The van der Waals surface area contributed by atoms with Crippen LogP contribution in [0.15, 0.2) is 41.3 Å². The molecule has 8 nitrogen and oxygen atoms in total. The van der Waals surface area contributed by atoms with Gasteiger partial charge in [-0.05, 0) is 43.5 Å². The Morgan fingerprint density at radius 1 is 1.11 bits per heavy atom. The molecule has 6 rings (SSSR count). The van der Waals surface area contributed by atoms with E-state index in [1.165, 1.54) is 16.5 Å². The monoisotopic (exact) mass is 506 g/mol. The number of aryl methyl sites for hydroxylation is 1. The van der Waals surface area contributed by atoms with E-state index in [0.29, 0.717) is 42.3 Å². The highest BCUT2D eigenvalue weighted by atomic mass is 19.1. The zero-order valence-corrected chi connectivity index (χ0v) is 20.3. The minimum absolute atomic E-state index is 0.0737. The molecule has 37 heavy (non-hydrogen) atoms. The number of aromatic nitrogens is 4. The Kier molecular flexibility index (Phi) is 5.92. The second-order valence-corrected chi connectivity index (χ2v) is 9.33. The van der Waals surface area contributed by atoms with Gasteiger partial charge in [0.1, 0.15) is 17.3 Å². The molecule has 0 saturated carbocycles. The van der Waals surface area contributed by atoms with Crippen LogP contribution in [0, 0.1) is 18.6 Å². The summed E-state index contributed by atoms with van der Waals surface area (Å²) in [4.78, 5) is 27.2. The van der Waals surface area contributed by atoms with Gasteiger partial charge in [0.2, 0.25) is 5.88 Å². The molecule has 0 bridgehead atoms. The minimum Gasteiger partial charge on any atom is -0.481 e. The molecule has 0 N–H and O–H groups in total. The summed E-state index contributed by atoms with van der Waals surface area (Å²) in [5, 5.41) is 0. The zero-order valence-electron chi connectivity index (χ0n) is 20.3. The quantitative estimate of drug-likeness (QED) is 0.405. The first-order valence-corrected chi connectivity index (χ1v) is 12.0. The topological polar surface area (TPSA) is 87.8 Å². The fourth-order valence-corrected chi connectivity index (χ4v) is 5.07. The lowest BCUT2D eigenvalue weighted by Gasteiger charge is -2.30. The lowest BCUT2D eigenvalue weighted by atomic mass is 9.89. The van der Waals surface area contributed by atoms with Crippen LogP contribution in [-0.2, 0) is 22.7 Å². The van der Waals surface area contributed by atoms with E-state index in [-0.39, 0.29) is 47.7 Å². The van der Waals surface area contributed by atoms with Crippen LogP contribution in [0.25, 0.3) is 16.9 Å². The molecule has 2 aliphatic rings. The van der Waals surface area contributed by atoms with Crippen molar-refractivity contribution in [1.82, 2.24) is 19.4 Å². The fourth-order valence-electron chi connectivity index (χ4n) is 5.07. The van der Waals surface area contributed by atoms with E-state index in [2.05, 4.69) is 9.97 Å². The summed E-state index contributed by atoms with van der Waals surface area (Å²) in [5.41, 5.74) is 3.54. The number of methoxy groups -OCH3 is 1. The van der Waals surface area contributed by atoms with Gasteiger partial charge in [0, 0.05) is 42.1 Å². The molecule has 4 aromatic rings. The van der Waals surface area contributed by atoms with Gasteiger partial charge in [0.05, 0.1) is 43.4 Å². The minimum atomic E-state index is -0.776. The van der Waals surface area contributed by atoms with Crippen molar-refractivity contribution >= 4 is 5.65 Å². The van der Waals surface area contributed by atoms with Crippen LogP contribution in [0.1, 0.15) is 53.1 Å². The third-order valence-corrected chi connectivity index (χ3v) is 6.92. The van der Waals surface area contributed by atoms with Crippen molar-refractivity contribution in [2.45, 2.75) is 45.0 Å². The number of fused-ring (bicyclic) bond motifs is 2. The average Bonchev–Trinajstić information content (AvgIpc) is 3.37. The van der Waals surface area contributed by atoms with E-state index in [9.17, 15) is 13.6 Å². The Balaban J connectivity index is 1.48. The Hall–Kier alpha value is -3.76. The first-order valence-electron chi connectivity index (χ1n) is 12.0. The lowest BCUT2D eigenvalue weighted by Crippen LogP contribution is -2.24. The Bertz CT molecular complexity index is 1590. The van der Waals surface area contributed by atoms with Crippen LogP contribution in [0.2, 0.25) is 0 Å². The summed E-state index contributed by atoms with van der Waals surface area (Å²) in [7, 11) is 1.57. The third-order valence-electron chi connectivity index (χ3n) is 6.92. The molecule has 5 heterocycles. The molecule has 1 aromatic carbocycles. The lowest BCUT2D eigenvalue weighted by molar-refractivity contribution is 0.00439. The highest BCUT2D eigenvalue weighted by molar-refractivity contribution is 5.74. The number of pyridine rings is 1. The third kappa shape index (κ3) is 4.25. The number of ether oxygens (including phenoxy) is 3. The first kappa shape index (κ1) is 23.6. The Morgan fingerprint density at radius 2 is 1.97 bits per heavy atom. The maximum atomic E-state index is 14.9. The van der Waals surface area contributed by atoms with E-state index in [1.807, 2.05) is 19.1 Å². The zero-order chi connectivity index (χ0) is 25.7. The van der Waals surface area contributed by atoms with E-state index >= 15 is 0 Å². The van der Waals surface area contributed by atoms with Crippen molar-refractivity contribution in [3.05, 3.63) is 86.7 Å². The van der Waals surface area contributed by atoms with E-state index < -0.39 is 11.6 Å². The summed E-state index contributed by atoms with van der Waals surface area (Å²) in [6, 6.07) is 7.11. The molecule has 190 valence electrons. The van der Waals surface area contributed by atoms with Gasteiger partial charge in [-0.2, -0.15) is 0 Å². The van der Waals surface area contributed by atoms with Crippen molar-refractivity contribution < 1.29 is 23.0 Å². The van der Waals surface area contributed by atoms with Gasteiger partial charge in [-0.3, -0.25) is 9.20 Å². The van der Waals surface area contributed by atoms with Crippen molar-refractivity contribution in [3.63, 3.8) is 0 Å². The second kappa shape index (κ2) is 9.28. The first-order chi connectivity index (χ1) is 17.9. The normalized spacial score (nSPS) is 19.2. The number of hydrogen-bond donors (Lipinski definition) is 0. The van der Waals surface area contributed by atoms with Crippen LogP contribution in [-0.4, -0.2) is 33.1 Å². The highest BCUT2D eigenvalue weighted by Gasteiger charge is 2.29. The van der Waals surface area contributed by atoms with Crippen molar-refractivity contribution in [2.24, 2.45) is 0 Å². The summed E-state index contributed by atoms with van der Waals surface area (Å²) >= 11 is 0. The Labute approximate surface area is 210 Å². The van der Waals surface area contributed by atoms with Crippen LogP contribution < -0.4 is 10.3 Å². The standard InChI is InChI=1S/C27H24F2N4O4/c1-14-7-16(9-24(30-14)35-2)23-8-15(5-6-37-23)21-11-33-26(32-22-13-36-12-19(22)27(33)34)25(31-21)18-4-3-17(28)10-20(18)29/h3-4,7,9-11,15,23H,5-6,8,12-13H2,1-2H3/t15-,23+/m0/s1. The van der Waals surface area contributed by atoms with Crippen LogP contribution >= 0.6 is 0 Å². The van der Waals surface area contributed by atoms with Gasteiger partial charge in [-0.1, -0.05) is 0 Å². The maximum absolute atomic E-state index is 14.9. The number of nitrogens with zero attached hydrogens (tertiary/aromatic N) is 4. The van der Waals surface area contributed by atoms with E-state index in [4.69, 9.17) is 19.2 Å². The predicted molar refractivity (Wildman–Crippen MR) is 129 cm³/mol. The molecule has 1 fully saturated rings. The van der Waals surface area contributed by atoms with Gasteiger partial charge in [-0.25, -0.2) is 23.7 Å². The maximum Gasteiger partial charge on any atom is 0.263 e. The summed E-state index contributed by atoms with van der Waals surface area (Å²) in [6.45, 7) is 2.74. The van der Waals surface area contributed by atoms with Crippen LogP contribution in [0.3, 0.4) is 0 Å². The average molecular weight is 507 g/mol. The largest absolute Gasteiger partial charge is 0.481 e. The number of hydrogen-bond acceptors (Lipinski definition) is 7. The molecule has 2 atom stereocenters. The molecule has 1 saturated heterocycles. The summed E-state index contributed by atoms with van der Waals surface area (Å²) in [6.07, 6.45) is 2.70. The van der Waals surface area contributed by atoms with Gasteiger partial charge >= 0.3 is 0 Å². The van der Waals surface area contributed by atoms with E-state index in [0.717, 1.165) is 17.3 Å².